The Balaban J connectivity index is 0.00000106. The van der Waals surface area contributed by atoms with Crippen LogP contribution in [0.4, 0.5) is 0 Å². The highest BCUT2D eigenvalue weighted by Gasteiger charge is 2.14. The normalized spacial score (nSPS) is 13.6. The molecule has 21 heavy (non-hydrogen) atoms. The molecular formula is C17H18ClNO2. The summed E-state index contributed by atoms with van der Waals surface area (Å²) >= 11 is 6.11. The van der Waals surface area contributed by atoms with Gasteiger partial charge in [-0.25, -0.2) is 0 Å². The zero-order chi connectivity index (χ0) is 15.7. The first-order valence-electron chi connectivity index (χ1n) is 6.80. The number of hydrogen-bond acceptors (Lipinski definition) is 2. The van der Waals surface area contributed by atoms with Gasteiger partial charge in [0.2, 0.25) is 0 Å². The Kier molecular flexibility index (Phi) is 7.19. The van der Waals surface area contributed by atoms with Gasteiger partial charge in [-0.1, -0.05) is 55.8 Å². The van der Waals surface area contributed by atoms with Crippen LogP contribution in [0.2, 0.25) is 0 Å². The lowest BCUT2D eigenvalue weighted by Crippen LogP contribution is -2.23. The highest BCUT2D eigenvalue weighted by molar-refractivity contribution is 6.33. The fourth-order valence-corrected chi connectivity index (χ4v) is 1.91. The molecule has 1 amide bonds. The first kappa shape index (κ1) is 16.9. The second-order valence-corrected chi connectivity index (χ2v) is 4.37. The summed E-state index contributed by atoms with van der Waals surface area (Å²) in [5, 5.41) is 2.99. The summed E-state index contributed by atoms with van der Waals surface area (Å²) in [6.45, 7) is 4.00. The summed E-state index contributed by atoms with van der Waals surface area (Å²) in [5.74, 6) is -0.259. The first-order valence-corrected chi connectivity index (χ1v) is 7.17. The van der Waals surface area contributed by atoms with Crippen molar-refractivity contribution in [2.45, 2.75) is 20.3 Å². The largest absolute Gasteiger partial charge is 0.321 e. The number of benzene rings is 1. The number of nitrogens with one attached hydrogen (secondary N) is 1. The second-order valence-electron chi connectivity index (χ2n) is 3.99. The molecule has 1 aromatic rings. The molecule has 0 aromatic heterocycles. The van der Waals surface area contributed by atoms with Gasteiger partial charge in [0.05, 0.1) is 10.7 Å². The zero-order valence-corrected chi connectivity index (χ0v) is 12.9. The predicted octanol–water partition coefficient (Wildman–Crippen LogP) is 3.98. The number of rotatable bonds is 3. The van der Waals surface area contributed by atoms with Crippen LogP contribution in [0, 0.1) is 0 Å². The topological polar surface area (TPSA) is 46.2 Å². The van der Waals surface area contributed by atoms with Crippen LogP contribution in [0.3, 0.4) is 0 Å². The Morgan fingerprint density at radius 2 is 1.90 bits per heavy atom. The standard InChI is InChI=1S/C15H12ClNO2.C2H6/c16-14-12(10-18)8-4-5-9-13(14)17-15(19)11-6-2-1-3-7-11;1-2/h1-7,9-10H,8H2,(H,17,19);1-2H3. The van der Waals surface area contributed by atoms with E-state index in [1.54, 1.807) is 36.4 Å². The van der Waals surface area contributed by atoms with Crippen molar-refractivity contribution in [3.63, 3.8) is 0 Å². The van der Waals surface area contributed by atoms with Crippen molar-refractivity contribution < 1.29 is 9.59 Å². The molecule has 0 saturated heterocycles. The molecule has 0 fully saturated rings. The Labute approximate surface area is 130 Å². The molecule has 3 nitrogen and oxygen atoms in total. The van der Waals surface area contributed by atoms with E-state index in [2.05, 4.69) is 5.32 Å². The molecule has 0 atom stereocenters. The summed E-state index contributed by atoms with van der Waals surface area (Å²) in [6.07, 6.45) is 6.43. The van der Waals surface area contributed by atoms with Gasteiger partial charge in [-0.3, -0.25) is 9.59 Å². The van der Waals surface area contributed by atoms with Crippen LogP contribution in [-0.4, -0.2) is 12.2 Å². The SMILES string of the molecule is CC.O=CC1=C(Cl)C(NC(=O)c2ccccc2)=CC=CC1. The number of carbonyl (C=O) groups excluding carboxylic acids is 2. The van der Waals surface area contributed by atoms with Crippen molar-refractivity contribution in [2.24, 2.45) is 0 Å². The van der Waals surface area contributed by atoms with E-state index in [1.165, 1.54) is 0 Å². The van der Waals surface area contributed by atoms with Crippen LogP contribution < -0.4 is 5.32 Å². The van der Waals surface area contributed by atoms with E-state index >= 15 is 0 Å². The number of halogens is 1. The number of allylic oxidation sites excluding steroid dienone is 5. The van der Waals surface area contributed by atoms with Gasteiger partial charge < -0.3 is 5.32 Å². The van der Waals surface area contributed by atoms with E-state index < -0.39 is 0 Å². The van der Waals surface area contributed by atoms with E-state index in [-0.39, 0.29) is 10.9 Å². The van der Waals surface area contributed by atoms with Gasteiger partial charge in [0.15, 0.2) is 0 Å². The molecular weight excluding hydrogens is 286 g/mol. The Morgan fingerprint density at radius 1 is 1.24 bits per heavy atom. The molecule has 0 bridgehead atoms. The van der Waals surface area contributed by atoms with Gasteiger partial charge >= 0.3 is 0 Å². The molecule has 1 aliphatic carbocycles. The quantitative estimate of drug-likeness (QED) is 0.859. The predicted molar refractivity (Wildman–Crippen MR) is 86.0 cm³/mol. The average Bonchev–Trinajstić information content (AvgIpc) is 2.72. The zero-order valence-electron chi connectivity index (χ0n) is 12.1. The summed E-state index contributed by atoms with van der Waals surface area (Å²) in [6, 6.07) is 8.82. The lowest BCUT2D eigenvalue weighted by Gasteiger charge is -2.09. The molecule has 0 heterocycles. The number of carbonyl (C=O) groups is 2. The molecule has 1 N–H and O–H groups in total. The molecule has 110 valence electrons. The van der Waals surface area contributed by atoms with Crippen LogP contribution in [-0.2, 0) is 4.79 Å². The Hall–Kier alpha value is -2.13. The molecule has 0 aliphatic heterocycles. The van der Waals surface area contributed by atoms with E-state index in [0.29, 0.717) is 29.5 Å². The van der Waals surface area contributed by atoms with E-state index in [9.17, 15) is 9.59 Å². The number of aldehydes is 1. The summed E-state index contributed by atoms with van der Waals surface area (Å²) in [5.41, 5.74) is 1.43. The molecule has 0 saturated carbocycles. The summed E-state index contributed by atoms with van der Waals surface area (Å²) in [4.78, 5) is 22.9. The van der Waals surface area contributed by atoms with E-state index in [4.69, 9.17) is 11.6 Å². The third-order valence-corrected chi connectivity index (χ3v) is 3.13. The Bertz CT molecular complexity index is 586. The van der Waals surface area contributed by atoms with Gasteiger partial charge in [0, 0.05) is 11.1 Å². The third kappa shape index (κ3) is 4.72. The van der Waals surface area contributed by atoms with E-state index in [0.717, 1.165) is 0 Å². The maximum absolute atomic E-state index is 12.0. The van der Waals surface area contributed by atoms with Crippen LogP contribution >= 0.6 is 11.6 Å². The van der Waals surface area contributed by atoms with Gasteiger partial charge in [-0.15, -0.1) is 0 Å². The van der Waals surface area contributed by atoms with E-state index in [1.807, 2.05) is 26.0 Å². The van der Waals surface area contributed by atoms with Crippen molar-refractivity contribution >= 4 is 23.8 Å². The van der Waals surface area contributed by atoms with Crippen molar-refractivity contribution in [3.8, 4) is 0 Å². The van der Waals surface area contributed by atoms with Crippen molar-refractivity contribution in [1.29, 1.82) is 0 Å². The third-order valence-electron chi connectivity index (χ3n) is 2.68. The molecule has 2 rings (SSSR count). The maximum atomic E-state index is 12.0. The minimum atomic E-state index is -0.259. The fraction of sp³-hybridized carbons (Fsp3) is 0.176. The monoisotopic (exact) mass is 303 g/mol. The van der Waals surface area contributed by atoms with Crippen LogP contribution in [0.1, 0.15) is 30.6 Å². The molecule has 1 aliphatic rings. The average molecular weight is 304 g/mol. The summed E-state index contributed by atoms with van der Waals surface area (Å²) in [7, 11) is 0. The molecule has 0 spiro atoms. The van der Waals surface area contributed by atoms with Gasteiger partial charge in [0.25, 0.3) is 5.91 Å². The lowest BCUT2D eigenvalue weighted by atomic mass is 10.2. The molecule has 0 unspecified atom stereocenters. The van der Waals surface area contributed by atoms with Gasteiger partial charge in [-0.2, -0.15) is 0 Å². The van der Waals surface area contributed by atoms with Crippen LogP contribution in [0.5, 0.6) is 0 Å². The van der Waals surface area contributed by atoms with Crippen molar-refractivity contribution in [3.05, 3.63) is 70.4 Å². The van der Waals surface area contributed by atoms with Gasteiger partial charge in [0.1, 0.15) is 6.29 Å². The van der Waals surface area contributed by atoms with Crippen molar-refractivity contribution in [1.82, 2.24) is 5.32 Å². The van der Waals surface area contributed by atoms with Crippen LogP contribution in [0.15, 0.2) is 64.9 Å². The maximum Gasteiger partial charge on any atom is 0.255 e. The first-order chi connectivity index (χ1) is 10.2. The Morgan fingerprint density at radius 3 is 2.52 bits per heavy atom. The highest BCUT2D eigenvalue weighted by atomic mass is 35.5. The highest BCUT2D eigenvalue weighted by Crippen LogP contribution is 2.22. The number of amides is 1. The van der Waals surface area contributed by atoms with Crippen LogP contribution in [0.25, 0.3) is 0 Å². The minimum Gasteiger partial charge on any atom is -0.321 e. The van der Waals surface area contributed by atoms with Gasteiger partial charge in [-0.05, 0) is 24.6 Å². The lowest BCUT2D eigenvalue weighted by molar-refractivity contribution is -0.105. The molecule has 4 heteroatoms. The van der Waals surface area contributed by atoms with Crippen molar-refractivity contribution in [2.75, 3.05) is 0 Å². The number of hydrogen-bond donors (Lipinski definition) is 1. The smallest absolute Gasteiger partial charge is 0.255 e. The fourth-order valence-electron chi connectivity index (χ4n) is 1.68. The second kappa shape index (κ2) is 8.93. The molecule has 1 aromatic carbocycles. The molecule has 0 radical (unpaired) electrons. The summed E-state index contributed by atoms with van der Waals surface area (Å²) < 4.78 is 0. The minimum absolute atomic E-state index is 0.259.